The van der Waals surface area contributed by atoms with Gasteiger partial charge in [-0.3, -0.25) is 9.59 Å². The Bertz CT molecular complexity index is 661. The largest absolute Gasteiger partial charge is 0.507 e. The summed E-state index contributed by atoms with van der Waals surface area (Å²) in [5, 5.41) is 29.8. The van der Waals surface area contributed by atoms with Crippen molar-refractivity contribution in [2.75, 3.05) is 7.05 Å². The molecule has 7 nitrogen and oxygen atoms in total. The van der Waals surface area contributed by atoms with Gasteiger partial charge in [0.05, 0.1) is 6.04 Å². The molecule has 144 valence electrons. The molecule has 7 heteroatoms. The van der Waals surface area contributed by atoms with E-state index in [0.29, 0.717) is 0 Å². The Morgan fingerprint density at radius 1 is 1.27 bits per heavy atom. The first-order chi connectivity index (χ1) is 12.1. The summed E-state index contributed by atoms with van der Waals surface area (Å²) in [4.78, 5) is 37.4. The average Bonchev–Trinajstić information content (AvgIpc) is 2.77. The summed E-state index contributed by atoms with van der Waals surface area (Å²) in [5.74, 6) is -3.99. The number of rotatable bonds is 8. The van der Waals surface area contributed by atoms with Crippen LogP contribution in [0.25, 0.3) is 0 Å². The molecule has 0 radical (unpaired) electrons. The fourth-order valence-corrected chi connectivity index (χ4v) is 2.67. The van der Waals surface area contributed by atoms with Gasteiger partial charge < -0.3 is 20.2 Å². The standard InChI is InChI=1S/C19H27NO6/c1-5-6-7-8-9-10-14(21)15-16(22)13(20(4)17(15)23)11-19(26,12(2)3)18(24)25/h7-10,12-13,21,26H,5-6,11H2,1-4H3,(H,24,25)/b8-7+,10-9+,15-14+/t13-,19+/m1/s1. The van der Waals surface area contributed by atoms with Gasteiger partial charge in [-0.25, -0.2) is 4.79 Å². The van der Waals surface area contributed by atoms with Crippen molar-refractivity contribution in [3.8, 4) is 0 Å². The number of likely N-dealkylation sites (N-methyl/N-ethyl adjacent to an activating group) is 1. The van der Waals surface area contributed by atoms with E-state index < -0.39 is 53.0 Å². The minimum Gasteiger partial charge on any atom is -0.507 e. The van der Waals surface area contributed by atoms with E-state index in [2.05, 4.69) is 0 Å². The van der Waals surface area contributed by atoms with Crippen LogP contribution in [0, 0.1) is 5.92 Å². The Labute approximate surface area is 153 Å². The van der Waals surface area contributed by atoms with Crippen LogP contribution in [0.1, 0.15) is 40.0 Å². The van der Waals surface area contributed by atoms with Crippen LogP contribution in [0.5, 0.6) is 0 Å². The van der Waals surface area contributed by atoms with Crippen molar-refractivity contribution in [1.29, 1.82) is 0 Å². The number of carboxylic acid groups (broad SMARTS) is 1. The summed E-state index contributed by atoms with van der Waals surface area (Å²) in [6.07, 6.45) is 7.76. The Kier molecular flexibility index (Phi) is 7.32. The third-order valence-corrected chi connectivity index (χ3v) is 4.59. The Hall–Kier alpha value is -2.41. The number of likely N-dealkylation sites (tertiary alicyclic amines) is 1. The Morgan fingerprint density at radius 2 is 1.88 bits per heavy atom. The molecular formula is C19H27NO6. The summed E-state index contributed by atoms with van der Waals surface area (Å²) < 4.78 is 0. The second-order valence-electron chi connectivity index (χ2n) is 6.72. The fraction of sp³-hybridized carbons (Fsp3) is 0.526. The smallest absolute Gasteiger partial charge is 0.336 e. The number of allylic oxidation sites excluding steroid dienone is 4. The van der Waals surface area contributed by atoms with Crippen LogP contribution in [0.4, 0.5) is 0 Å². The third kappa shape index (κ3) is 4.40. The zero-order chi connectivity index (χ0) is 20.1. The second-order valence-corrected chi connectivity index (χ2v) is 6.72. The predicted molar refractivity (Wildman–Crippen MR) is 96.4 cm³/mol. The maximum atomic E-state index is 12.6. The van der Waals surface area contributed by atoms with Crippen molar-refractivity contribution in [1.82, 2.24) is 4.90 Å². The van der Waals surface area contributed by atoms with Gasteiger partial charge in [-0.15, -0.1) is 0 Å². The highest BCUT2D eigenvalue weighted by molar-refractivity contribution is 6.27. The number of amides is 1. The number of hydrogen-bond donors (Lipinski definition) is 3. The van der Waals surface area contributed by atoms with Crippen LogP contribution >= 0.6 is 0 Å². The van der Waals surface area contributed by atoms with E-state index in [0.717, 1.165) is 17.7 Å². The summed E-state index contributed by atoms with van der Waals surface area (Å²) in [5.41, 5.74) is -2.55. The molecule has 1 amide bonds. The molecule has 0 bridgehead atoms. The lowest BCUT2D eigenvalue weighted by Crippen LogP contribution is -2.49. The number of aliphatic hydroxyl groups is 2. The monoisotopic (exact) mass is 365 g/mol. The Morgan fingerprint density at radius 3 is 2.38 bits per heavy atom. The molecule has 1 heterocycles. The molecule has 1 saturated heterocycles. The first kappa shape index (κ1) is 21.6. The van der Waals surface area contributed by atoms with Crippen molar-refractivity contribution >= 4 is 17.7 Å². The highest BCUT2D eigenvalue weighted by Crippen LogP contribution is 2.31. The van der Waals surface area contributed by atoms with Crippen molar-refractivity contribution in [3.63, 3.8) is 0 Å². The molecule has 1 aliphatic rings. The minimum absolute atomic E-state index is 0.394. The van der Waals surface area contributed by atoms with Gasteiger partial charge in [0.15, 0.2) is 11.4 Å². The van der Waals surface area contributed by atoms with E-state index in [4.69, 9.17) is 0 Å². The fourth-order valence-electron chi connectivity index (χ4n) is 2.67. The molecule has 0 aromatic rings. The highest BCUT2D eigenvalue weighted by Gasteiger charge is 2.50. The second kappa shape index (κ2) is 8.80. The number of Topliss-reactive ketones (excluding diaryl/α,β-unsaturated/α-hetero) is 1. The average molecular weight is 365 g/mol. The van der Waals surface area contributed by atoms with E-state index in [1.54, 1.807) is 6.08 Å². The van der Waals surface area contributed by atoms with Crippen LogP contribution in [-0.2, 0) is 14.4 Å². The van der Waals surface area contributed by atoms with Crippen LogP contribution in [0.3, 0.4) is 0 Å². The van der Waals surface area contributed by atoms with Gasteiger partial charge in [-0.05, 0) is 18.4 Å². The van der Waals surface area contributed by atoms with Crippen LogP contribution in [-0.4, -0.2) is 56.6 Å². The van der Waals surface area contributed by atoms with Gasteiger partial charge in [0.25, 0.3) is 5.91 Å². The molecule has 1 rings (SSSR count). The minimum atomic E-state index is -2.15. The van der Waals surface area contributed by atoms with E-state index in [-0.39, 0.29) is 0 Å². The number of aliphatic hydroxyl groups excluding tert-OH is 1. The quantitative estimate of drug-likeness (QED) is 0.262. The van der Waals surface area contributed by atoms with Gasteiger partial charge in [0, 0.05) is 13.5 Å². The lowest BCUT2D eigenvalue weighted by Gasteiger charge is -2.31. The van der Waals surface area contributed by atoms with Crippen molar-refractivity contribution < 1.29 is 29.7 Å². The topological polar surface area (TPSA) is 115 Å². The van der Waals surface area contributed by atoms with Crippen molar-refractivity contribution in [2.24, 2.45) is 5.92 Å². The number of nitrogens with zero attached hydrogens (tertiary/aromatic N) is 1. The first-order valence-corrected chi connectivity index (χ1v) is 8.61. The molecule has 0 spiro atoms. The third-order valence-electron chi connectivity index (χ3n) is 4.59. The Balaban J connectivity index is 3.12. The summed E-state index contributed by atoms with van der Waals surface area (Å²) in [6, 6.07) is -1.15. The van der Waals surface area contributed by atoms with Crippen LogP contribution in [0.2, 0.25) is 0 Å². The molecule has 1 aliphatic heterocycles. The lowest BCUT2D eigenvalue weighted by atomic mass is 9.83. The predicted octanol–water partition coefficient (Wildman–Crippen LogP) is 1.98. The molecule has 0 aromatic heterocycles. The van der Waals surface area contributed by atoms with E-state index >= 15 is 0 Å². The number of carbonyl (C=O) groups is 3. The molecule has 26 heavy (non-hydrogen) atoms. The number of unbranched alkanes of at least 4 members (excludes halogenated alkanes) is 1. The summed E-state index contributed by atoms with van der Waals surface area (Å²) in [7, 11) is 1.35. The SMILES string of the molecule is CCC/C=C/C=C/C(O)=C1/C(=O)[C@@H](C[C@@](O)(C(=O)O)C(C)C)N(C)C1=O. The number of hydrogen-bond acceptors (Lipinski definition) is 5. The van der Waals surface area contributed by atoms with Gasteiger partial charge in [-0.2, -0.15) is 0 Å². The van der Waals surface area contributed by atoms with Gasteiger partial charge >= 0.3 is 5.97 Å². The normalized spacial score (nSPS) is 22.7. The van der Waals surface area contributed by atoms with Gasteiger partial charge in [-0.1, -0.05) is 45.4 Å². The number of ketones is 1. The molecule has 0 aliphatic carbocycles. The number of aliphatic carboxylic acids is 1. The molecule has 0 aromatic carbocycles. The maximum Gasteiger partial charge on any atom is 0.336 e. The summed E-state index contributed by atoms with van der Waals surface area (Å²) >= 11 is 0. The van der Waals surface area contributed by atoms with Gasteiger partial charge in [0.2, 0.25) is 0 Å². The van der Waals surface area contributed by atoms with Crippen molar-refractivity contribution in [2.45, 2.75) is 51.7 Å². The molecule has 2 atom stereocenters. The molecule has 0 unspecified atom stereocenters. The van der Waals surface area contributed by atoms with Gasteiger partial charge in [0.1, 0.15) is 11.3 Å². The zero-order valence-electron chi connectivity index (χ0n) is 15.6. The van der Waals surface area contributed by atoms with Crippen LogP contribution < -0.4 is 0 Å². The number of carbonyl (C=O) groups excluding carboxylic acids is 2. The lowest BCUT2D eigenvalue weighted by molar-refractivity contribution is -0.166. The van der Waals surface area contributed by atoms with E-state index in [1.807, 2.05) is 13.0 Å². The maximum absolute atomic E-state index is 12.6. The first-order valence-electron chi connectivity index (χ1n) is 8.61. The molecular weight excluding hydrogens is 338 g/mol. The zero-order valence-corrected chi connectivity index (χ0v) is 15.6. The van der Waals surface area contributed by atoms with E-state index in [9.17, 15) is 29.7 Å². The van der Waals surface area contributed by atoms with E-state index in [1.165, 1.54) is 33.0 Å². The molecule has 0 saturated carbocycles. The highest BCUT2D eigenvalue weighted by atomic mass is 16.4. The molecule has 3 N–H and O–H groups in total. The van der Waals surface area contributed by atoms with Crippen LogP contribution in [0.15, 0.2) is 35.6 Å². The van der Waals surface area contributed by atoms with Crippen molar-refractivity contribution in [3.05, 3.63) is 35.6 Å². The summed E-state index contributed by atoms with van der Waals surface area (Å²) in [6.45, 7) is 5.07. The number of carboxylic acids is 1. The molecule has 1 fully saturated rings.